The predicted octanol–water partition coefficient (Wildman–Crippen LogP) is 5.96. The van der Waals surface area contributed by atoms with E-state index in [-0.39, 0.29) is 5.69 Å². The molecule has 5 rings (SSSR count). The molecule has 39 heavy (non-hydrogen) atoms. The quantitative estimate of drug-likeness (QED) is 0.245. The summed E-state index contributed by atoms with van der Waals surface area (Å²) in [6.45, 7) is 9.24. The van der Waals surface area contributed by atoms with Crippen LogP contribution in [0.3, 0.4) is 0 Å². The minimum absolute atomic E-state index is 0.0159. The Hall–Kier alpha value is -4.33. The minimum Gasteiger partial charge on any atom is -0.292 e. The number of benzene rings is 2. The molecule has 200 valence electrons. The molecule has 0 saturated carbocycles. The zero-order chi connectivity index (χ0) is 27.4. The Bertz CT molecular complexity index is 1600. The Morgan fingerprint density at radius 1 is 0.949 bits per heavy atom. The molecule has 0 fully saturated rings. The zero-order valence-corrected chi connectivity index (χ0v) is 23.1. The summed E-state index contributed by atoms with van der Waals surface area (Å²) in [6, 6.07) is 16.7. The Morgan fingerprint density at radius 2 is 1.74 bits per heavy atom. The van der Waals surface area contributed by atoms with Gasteiger partial charge in [-0.05, 0) is 63.1 Å². The molecule has 8 heteroatoms. The monoisotopic (exact) mass is 521 g/mol. The van der Waals surface area contributed by atoms with E-state index in [1.54, 1.807) is 12.4 Å². The van der Waals surface area contributed by atoms with Gasteiger partial charge in [0.05, 0.1) is 12.2 Å². The fourth-order valence-electron chi connectivity index (χ4n) is 5.23. The van der Waals surface area contributed by atoms with Crippen molar-refractivity contribution < 1.29 is 0 Å². The summed E-state index contributed by atoms with van der Waals surface area (Å²) in [6.07, 6.45) is 9.37. The largest absolute Gasteiger partial charge is 0.333 e. The molecule has 0 bridgehead atoms. The van der Waals surface area contributed by atoms with Crippen molar-refractivity contribution in [2.24, 2.45) is 0 Å². The van der Waals surface area contributed by atoms with E-state index in [2.05, 4.69) is 102 Å². The zero-order valence-electron chi connectivity index (χ0n) is 23.1. The van der Waals surface area contributed by atoms with Gasteiger partial charge < -0.3 is 0 Å². The van der Waals surface area contributed by atoms with Crippen LogP contribution in [0.5, 0.6) is 0 Å². The van der Waals surface area contributed by atoms with Gasteiger partial charge >= 0.3 is 5.69 Å². The molecule has 0 aliphatic rings. The van der Waals surface area contributed by atoms with Gasteiger partial charge in [-0.3, -0.25) is 14.1 Å². The standard InChI is InChI=1S/C31H35N7O/c1-5-8-24-10-7-11-26(21(3)4)29(24)38-20-25(9-6-2)37(31(38)39)19-22-12-14-23(15-13-22)27-16-17-32-18-28(27)30-33-35-36-34-30/h7,10-18,20-21H,5-6,8-9,19H2,1-4H3,(H,33,34,35,36). The lowest BCUT2D eigenvalue weighted by molar-refractivity contribution is 0.689. The van der Waals surface area contributed by atoms with E-state index in [0.29, 0.717) is 18.3 Å². The van der Waals surface area contributed by atoms with Gasteiger partial charge in [0.1, 0.15) is 0 Å². The van der Waals surface area contributed by atoms with Crippen LogP contribution in [0.4, 0.5) is 0 Å². The Balaban J connectivity index is 1.52. The van der Waals surface area contributed by atoms with Crippen LogP contribution >= 0.6 is 0 Å². The average Bonchev–Trinajstić information content (AvgIpc) is 3.59. The fourth-order valence-corrected chi connectivity index (χ4v) is 5.23. The predicted molar refractivity (Wildman–Crippen MR) is 154 cm³/mol. The molecule has 0 spiro atoms. The molecule has 8 nitrogen and oxygen atoms in total. The van der Waals surface area contributed by atoms with Crippen LogP contribution in [0.25, 0.3) is 28.2 Å². The van der Waals surface area contributed by atoms with Gasteiger partial charge in [-0.2, -0.15) is 0 Å². The molecule has 0 saturated heterocycles. The lowest BCUT2D eigenvalue weighted by atomic mass is 9.95. The van der Waals surface area contributed by atoms with Crippen molar-refractivity contribution in [3.63, 3.8) is 0 Å². The summed E-state index contributed by atoms with van der Waals surface area (Å²) in [5.41, 5.74) is 8.48. The first-order chi connectivity index (χ1) is 19.0. The number of aromatic amines is 1. The molecule has 2 aromatic carbocycles. The molecule has 0 radical (unpaired) electrons. The van der Waals surface area contributed by atoms with E-state index in [1.165, 1.54) is 11.1 Å². The first-order valence-electron chi connectivity index (χ1n) is 13.7. The number of aromatic nitrogens is 7. The first kappa shape index (κ1) is 26.3. The van der Waals surface area contributed by atoms with E-state index in [0.717, 1.165) is 59.3 Å². The van der Waals surface area contributed by atoms with Crippen LogP contribution in [0.15, 0.2) is 71.9 Å². The molecular formula is C31H35N7O. The summed E-state index contributed by atoms with van der Waals surface area (Å²) in [4.78, 5) is 18.2. The van der Waals surface area contributed by atoms with Crippen molar-refractivity contribution in [2.45, 2.75) is 65.8 Å². The number of nitrogens with zero attached hydrogens (tertiary/aromatic N) is 6. The van der Waals surface area contributed by atoms with Crippen LogP contribution in [-0.4, -0.2) is 34.7 Å². The second-order valence-electron chi connectivity index (χ2n) is 10.2. The van der Waals surface area contributed by atoms with Crippen molar-refractivity contribution in [2.75, 3.05) is 0 Å². The number of hydrogen-bond donors (Lipinski definition) is 1. The number of para-hydroxylation sites is 1. The maximum absolute atomic E-state index is 14.0. The fraction of sp³-hybridized carbons (Fsp3) is 0.323. The highest BCUT2D eigenvalue weighted by Gasteiger charge is 2.19. The van der Waals surface area contributed by atoms with Crippen molar-refractivity contribution in [3.05, 3.63) is 100.0 Å². The maximum atomic E-state index is 14.0. The van der Waals surface area contributed by atoms with Gasteiger partial charge in [0.2, 0.25) is 0 Å². The number of pyridine rings is 1. The highest BCUT2D eigenvalue weighted by atomic mass is 16.1. The second kappa shape index (κ2) is 11.6. The third kappa shape index (κ3) is 5.32. The summed E-state index contributed by atoms with van der Waals surface area (Å²) >= 11 is 0. The molecule has 0 unspecified atom stereocenters. The van der Waals surface area contributed by atoms with E-state index in [4.69, 9.17) is 0 Å². The van der Waals surface area contributed by atoms with Crippen LogP contribution in [-0.2, 0) is 19.4 Å². The van der Waals surface area contributed by atoms with Crippen LogP contribution < -0.4 is 5.69 Å². The Kier molecular flexibility index (Phi) is 7.81. The number of H-pyrrole nitrogens is 1. The lowest BCUT2D eigenvalue weighted by Gasteiger charge is -2.17. The van der Waals surface area contributed by atoms with Crippen molar-refractivity contribution in [1.29, 1.82) is 0 Å². The summed E-state index contributed by atoms with van der Waals surface area (Å²) in [7, 11) is 0. The highest BCUT2D eigenvalue weighted by Crippen LogP contribution is 2.30. The number of rotatable bonds is 10. The van der Waals surface area contributed by atoms with E-state index < -0.39 is 0 Å². The molecule has 0 atom stereocenters. The average molecular weight is 522 g/mol. The third-order valence-corrected chi connectivity index (χ3v) is 7.13. The van der Waals surface area contributed by atoms with Crippen LogP contribution in [0.2, 0.25) is 0 Å². The van der Waals surface area contributed by atoms with Crippen LogP contribution in [0, 0.1) is 0 Å². The summed E-state index contributed by atoms with van der Waals surface area (Å²) in [5.74, 6) is 0.892. The molecule has 5 aromatic rings. The summed E-state index contributed by atoms with van der Waals surface area (Å²) < 4.78 is 3.83. The van der Waals surface area contributed by atoms with Gasteiger partial charge in [-0.25, -0.2) is 9.89 Å². The van der Waals surface area contributed by atoms with Crippen LogP contribution in [0.1, 0.15) is 68.8 Å². The normalized spacial score (nSPS) is 11.4. The first-order valence-corrected chi connectivity index (χ1v) is 13.7. The molecular weight excluding hydrogens is 486 g/mol. The van der Waals surface area contributed by atoms with Crippen molar-refractivity contribution in [1.82, 2.24) is 34.7 Å². The molecule has 1 N–H and O–H groups in total. The van der Waals surface area contributed by atoms with Gasteiger partial charge in [0, 0.05) is 29.8 Å². The Morgan fingerprint density at radius 3 is 2.44 bits per heavy atom. The maximum Gasteiger partial charge on any atom is 0.333 e. The Labute approximate surface area is 228 Å². The van der Waals surface area contributed by atoms with E-state index >= 15 is 0 Å². The van der Waals surface area contributed by atoms with E-state index in [9.17, 15) is 4.79 Å². The van der Waals surface area contributed by atoms with Gasteiger partial charge in [-0.15, -0.1) is 5.10 Å². The molecule has 0 aliphatic carbocycles. The number of hydrogen-bond acceptors (Lipinski definition) is 5. The van der Waals surface area contributed by atoms with Crippen molar-refractivity contribution in [3.8, 4) is 28.2 Å². The molecule has 0 aliphatic heterocycles. The topological polar surface area (TPSA) is 94.3 Å². The molecule has 3 heterocycles. The summed E-state index contributed by atoms with van der Waals surface area (Å²) in [5, 5.41) is 14.3. The number of aryl methyl sites for hydroxylation is 2. The smallest absolute Gasteiger partial charge is 0.292 e. The highest BCUT2D eigenvalue weighted by molar-refractivity contribution is 5.79. The van der Waals surface area contributed by atoms with Crippen molar-refractivity contribution >= 4 is 0 Å². The SMILES string of the molecule is CCCc1cccc(C(C)C)c1-n1cc(CCC)n(Cc2ccc(-c3ccncc3-c3nnn[nH]3)cc2)c1=O. The molecule has 3 aromatic heterocycles. The van der Waals surface area contributed by atoms with Gasteiger partial charge in [0.25, 0.3) is 0 Å². The number of imidazole rings is 1. The van der Waals surface area contributed by atoms with Gasteiger partial charge in [-0.1, -0.05) is 83.0 Å². The number of nitrogens with one attached hydrogen (secondary N) is 1. The second-order valence-corrected chi connectivity index (χ2v) is 10.2. The van der Waals surface area contributed by atoms with Gasteiger partial charge in [0.15, 0.2) is 5.82 Å². The lowest BCUT2D eigenvalue weighted by Crippen LogP contribution is -2.26. The van der Waals surface area contributed by atoms with E-state index in [1.807, 2.05) is 15.2 Å². The molecule has 0 amide bonds. The third-order valence-electron chi connectivity index (χ3n) is 7.13. The number of tetrazole rings is 1. The minimum atomic E-state index is 0.0159.